The predicted molar refractivity (Wildman–Crippen MR) is 89.2 cm³/mol. The average Bonchev–Trinajstić information content (AvgIpc) is 3.42. The molecule has 1 aromatic rings. The first-order valence-electron chi connectivity index (χ1n) is 8.25. The summed E-state index contributed by atoms with van der Waals surface area (Å²) < 4.78 is 5.75. The number of carbonyl (C=O) groups excluding carboxylic acids is 2. The smallest absolute Gasteiger partial charge is 0.227 e. The molecule has 2 amide bonds. The minimum Gasteiger partial charge on any atom is -0.394 e. The standard InChI is InChI=1S/C18H22N2O4/c21-11-16-15(20-18(23)12-6-7-12)9-8-14(24-16)10-17(22)19-13-4-2-1-3-5-13/h1-5,8-9,12,14-16,21H,6-7,10-11H2,(H,19,22)(H,20,23)/t14-,15-,16+/m1/s1. The Kier molecular flexibility index (Phi) is 5.27. The van der Waals surface area contributed by atoms with Crippen LogP contribution in [0.4, 0.5) is 5.69 Å². The summed E-state index contributed by atoms with van der Waals surface area (Å²) >= 11 is 0. The van der Waals surface area contributed by atoms with Crippen LogP contribution in [0.25, 0.3) is 0 Å². The van der Waals surface area contributed by atoms with E-state index in [2.05, 4.69) is 10.6 Å². The molecule has 0 aromatic heterocycles. The van der Waals surface area contributed by atoms with E-state index >= 15 is 0 Å². The third kappa shape index (κ3) is 4.43. The molecule has 0 bridgehead atoms. The average molecular weight is 330 g/mol. The molecule has 1 heterocycles. The van der Waals surface area contributed by atoms with Gasteiger partial charge in [0.15, 0.2) is 0 Å². The van der Waals surface area contributed by atoms with E-state index in [0.29, 0.717) is 0 Å². The van der Waals surface area contributed by atoms with Gasteiger partial charge in [-0.25, -0.2) is 0 Å². The number of anilines is 1. The summed E-state index contributed by atoms with van der Waals surface area (Å²) in [6, 6.07) is 8.86. The topological polar surface area (TPSA) is 87.7 Å². The van der Waals surface area contributed by atoms with E-state index in [9.17, 15) is 14.7 Å². The van der Waals surface area contributed by atoms with Crippen molar-refractivity contribution in [2.24, 2.45) is 5.92 Å². The van der Waals surface area contributed by atoms with Crippen molar-refractivity contribution in [2.45, 2.75) is 37.5 Å². The number of ether oxygens (including phenoxy) is 1. The molecule has 0 saturated heterocycles. The second-order valence-corrected chi connectivity index (χ2v) is 6.21. The van der Waals surface area contributed by atoms with E-state index < -0.39 is 12.2 Å². The number of hydrogen-bond donors (Lipinski definition) is 3. The number of hydrogen-bond acceptors (Lipinski definition) is 4. The Bertz CT molecular complexity index is 613. The summed E-state index contributed by atoms with van der Waals surface area (Å²) in [6.07, 6.45) is 4.64. The third-order valence-corrected chi connectivity index (χ3v) is 4.16. The van der Waals surface area contributed by atoms with Crippen molar-refractivity contribution in [3.05, 3.63) is 42.5 Å². The molecule has 2 aliphatic rings. The number of aliphatic hydroxyl groups is 1. The zero-order chi connectivity index (χ0) is 16.9. The third-order valence-electron chi connectivity index (χ3n) is 4.16. The predicted octanol–water partition coefficient (Wildman–Crippen LogP) is 1.23. The molecule has 3 N–H and O–H groups in total. The van der Waals surface area contributed by atoms with Gasteiger partial charge in [0.1, 0.15) is 6.10 Å². The van der Waals surface area contributed by atoms with Gasteiger partial charge in [-0.15, -0.1) is 0 Å². The summed E-state index contributed by atoms with van der Waals surface area (Å²) in [4.78, 5) is 23.9. The highest BCUT2D eigenvalue weighted by molar-refractivity contribution is 5.91. The van der Waals surface area contributed by atoms with Crippen molar-refractivity contribution in [2.75, 3.05) is 11.9 Å². The van der Waals surface area contributed by atoms with E-state index in [0.717, 1.165) is 18.5 Å². The van der Waals surface area contributed by atoms with Crippen molar-refractivity contribution in [3.63, 3.8) is 0 Å². The summed E-state index contributed by atoms with van der Waals surface area (Å²) in [7, 11) is 0. The van der Waals surface area contributed by atoms with Crippen LogP contribution < -0.4 is 10.6 Å². The molecule has 3 rings (SSSR count). The maximum absolute atomic E-state index is 12.1. The molecular weight excluding hydrogens is 308 g/mol. The highest BCUT2D eigenvalue weighted by Gasteiger charge is 2.34. The fourth-order valence-corrected chi connectivity index (χ4v) is 2.68. The molecule has 1 fully saturated rings. The van der Waals surface area contributed by atoms with E-state index in [4.69, 9.17) is 4.74 Å². The second-order valence-electron chi connectivity index (χ2n) is 6.21. The van der Waals surface area contributed by atoms with Crippen LogP contribution in [0, 0.1) is 5.92 Å². The highest BCUT2D eigenvalue weighted by atomic mass is 16.5. The van der Waals surface area contributed by atoms with Crippen molar-refractivity contribution >= 4 is 17.5 Å². The highest BCUT2D eigenvalue weighted by Crippen LogP contribution is 2.29. The molecular formula is C18H22N2O4. The van der Waals surface area contributed by atoms with E-state index in [1.54, 1.807) is 6.08 Å². The quantitative estimate of drug-likeness (QED) is 0.685. The number of rotatable bonds is 6. The van der Waals surface area contributed by atoms with Crippen LogP contribution >= 0.6 is 0 Å². The lowest BCUT2D eigenvalue weighted by atomic mass is 10.0. The molecule has 6 heteroatoms. The Morgan fingerprint density at radius 2 is 1.92 bits per heavy atom. The molecule has 24 heavy (non-hydrogen) atoms. The Morgan fingerprint density at radius 3 is 2.58 bits per heavy atom. The number of carbonyl (C=O) groups is 2. The SMILES string of the molecule is O=C(C[C@H]1C=C[C@@H](NC(=O)C2CC2)[C@H](CO)O1)Nc1ccccc1. The van der Waals surface area contributed by atoms with Gasteiger partial charge in [-0.1, -0.05) is 30.4 Å². The maximum atomic E-state index is 12.1. The number of aliphatic hydroxyl groups excluding tert-OH is 1. The number of amides is 2. The fourth-order valence-electron chi connectivity index (χ4n) is 2.68. The van der Waals surface area contributed by atoms with Crippen LogP contribution in [0.1, 0.15) is 19.3 Å². The summed E-state index contributed by atoms with van der Waals surface area (Å²) in [6.45, 7) is -0.212. The second kappa shape index (κ2) is 7.59. The van der Waals surface area contributed by atoms with Crippen molar-refractivity contribution in [1.29, 1.82) is 0 Å². The first-order valence-corrected chi connectivity index (χ1v) is 8.25. The minimum atomic E-state index is -0.535. The molecule has 0 unspecified atom stereocenters. The van der Waals surface area contributed by atoms with Gasteiger partial charge in [-0.2, -0.15) is 0 Å². The van der Waals surface area contributed by atoms with E-state index in [-0.39, 0.29) is 36.8 Å². The number of nitrogens with one attached hydrogen (secondary N) is 2. The van der Waals surface area contributed by atoms with Gasteiger partial charge in [-0.05, 0) is 25.0 Å². The molecule has 0 radical (unpaired) electrons. The Hall–Kier alpha value is -2.18. The summed E-state index contributed by atoms with van der Waals surface area (Å²) in [5.41, 5.74) is 0.732. The molecule has 1 aromatic carbocycles. The van der Waals surface area contributed by atoms with Crippen LogP contribution in [0.2, 0.25) is 0 Å². The summed E-state index contributed by atoms with van der Waals surface area (Å²) in [5.74, 6) is -0.0490. The van der Waals surface area contributed by atoms with E-state index in [1.165, 1.54) is 0 Å². The van der Waals surface area contributed by atoms with Crippen LogP contribution in [0.3, 0.4) is 0 Å². The van der Waals surface area contributed by atoms with Crippen molar-refractivity contribution < 1.29 is 19.4 Å². The monoisotopic (exact) mass is 330 g/mol. The van der Waals surface area contributed by atoms with Crippen LogP contribution in [-0.2, 0) is 14.3 Å². The lowest BCUT2D eigenvalue weighted by Crippen LogP contribution is -2.49. The Labute approximate surface area is 140 Å². The molecule has 1 aliphatic carbocycles. The van der Waals surface area contributed by atoms with E-state index in [1.807, 2.05) is 36.4 Å². The molecule has 0 spiro atoms. The van der Waals surface area contributed by atoms with Gasteiger partial charge in [0.25, 0.3) is 0 Å². The zero-order valence-corrected chi connectivity index (χ0v) is 13.4. The molecule has 3 atom stereocenters. The van der Waals surface area contributed by atoms with Gasteiger partial charge in [-0.3, -0.25) is 9.59 Å². The van der Waals surface area contributed by atoms with Crippen molar-refractivity contribution in [3.8, 4) is 0 Å². The Morgan fingerprint density at radius 1 is 1.17 bits per heavy atom. The largest absolute Gasteiger partial charge is 0.394 e. The van der Waals surface area contributed by atoms with Gasteiger partial charge < -0.3 is 20.5 Å². The first kappa shape index (κ1) is 16.7. The van der Waals surface area contributed by atoms with Crippen LogP contribution in [0.5, 0.6) is 0 Å². The number of benzene rings is 1. The number of para-hydroxylation sites is 1. The van der Waals surface area contributed by atoms with Gasteiger partial charge >= 0.3 is 0 Å². The maximum Gasteiger partial charge on any atom is 0.227 e. The lowest BCUT2D eigenvalue weighted by molar-refractivity contribution is -0.126. The molecule has 1 aliphatic heterocycles. The first-order chi connectivity index (χ1) is 11.7. The van der Waals surface area contributed by atoms with Crippen LogP contribution in [0.15, 0.2) is 42.5 Å². The Balaban J connectivity index is 1.53. The lowest BCUT2D eigenvalue weighted by Gasteiger charge is -2.31. The normalized spacial score (nSPS) is 26.0. The van der Waals surface area contributed by atoms with Gasteiger partial charge in [0.2, 0.25) is 11.8 Å². The van der Waals surface area contributed by atoms with Gasteiger partial charge in [0.05, 0.1) is 25.2 Å². The molecule has 6 nitrogen and oxygen atoms in total. The minimum absolute atomic E-state index is 0.00645. The van der Waals surface area contributed by atoms with Crippen molar-refractivity contribution in [1.82, 2.24) is 5.32 Å². The van der Waals surface area contributed by atoms with Crippen LogP contribution in [-0.4, -0.2) is 41.8 Å². The zero-order valence-electron chi connectivity index (χ0n) is 13.4. The summed E-state index contributed by atoms with van der Waals surface area (Å²) in [5, 5.41) is 15.2. The van der Waals surface area contributed by atoms with Gasteiger partial charge in [0, 0.05) is 11.6 Å². The molecule has 1 saturated carbocycles. The fraction of sp³-hybridized carbons (Fsp3) is 0.444. The molecule has 128 valence electrons.